The molecule has 1 aromatic carbocycles. The fraction of sp³-hybridized carbons (Fsp3) is 0.278. The lowest BCUT2D eigenvalue weighted by atomic mass is 10.0. The first-order valence-electron chi connectivity index (χ1n) is 7.96. The van der Waals surface area contributed by atoms with Crippen LogP contribution in [0.15, 0.2) is 53.1 Å². The molecule has 3 amide bonds. The van der Waals surface area contributed by atoms with E-state index < -0.39 is 6.04 Å². The molecule has 1 heterocycles. The SMILES string of the molecule is CC(=O)NC(CC(=O)NCCNC(=O)c1ccco1)c1ccccc1. The quantitative estimate of drug-likeness (QED) is 0.631. The first-order valence-corrected chi connectivity index (χ1v) is 7.96. The maximum atomic E-state index is 12.1. The van der Waals surface area contributed by atoms with Gasteiger partial charge in [-0.15, -0.1) is 0 Å². The molecule has 1 atom stereocenters. The summed E-state index contributed by atoms with van der Waals surface area (Å²) in [7, 11) is 0. The smallest absolute Gasteiger partial charge is 0.287 e. The van der Waals surface area contributed by atoms with E-state index in [1.165, 1.54) is 13.2 Å². The molecule has 7 nitrogen and oxygen atoms in total. The topological polar surface area (TPSA) is 100 Å². The lowest BCUT2D eigenvalue weighted by Gasteiger charge is -2.18. The van der Waals surface area contributed by atoms with E-state index in [1.54, 1.807) is 12.1 Å². The van der Waals surface area contributed by atoms with Crippen molar-refractivity contribution >= 4 is 17.7 Å². The Morgan fingerprint density at radius 3 is 2.36 bits per heavy atom. The van der Waals surface area contributed by atoms with E-state index >= 15 is 0 Å². The van der Waals surface area contributed by atoms with Crippen LogP contribution in [0.5, 0.6) is 0 Å². The number of carbonyl (C=O) groups excluding carboxylic acids is 3. The fourth-order valence-corrected chi connectivity index (χ4v) is 2.31. The molecule has 3 N–H and O–H groups in total. The van der Waals surface area contributed by atoms with Gasteiger partial charge in [-0.3, -0.25) is 14.4 Å². The van der Waals surface area contributed by atoms with E-state index in [-0.39, 0.29) is 43.0 Å². The number of nitrogens with one attached hydrogen (secondary N) is 3. The van der Waals surface area contributed by atoms with Crippen LogP contribution in [0.2, 0.25) is 0 Å². The molecule has 0 spiro atoms. The predicted molar refractivity (Wildman–Crippen MR) is 91.7 cm³/mol. The zero-order valence-electron chi connectivity index (χ0n) is 14.0. The molecule has 1 aromatic heterocycles. The Morgan fingerprint density at radius 1 is 1.00 bits per heavy atom. The van der Waals surface area contributed by atoms with Crippen LogP contribution in [0.4, 0.5) is 0 Å². The molecule has 0 radical (unpaired) electrons. The van der Waals surface area contributed by atoms with Gasteiger partial charge < -0.3 is 20.4 Å². The minimum absolute atomic E-state index is 0.121. The molecule has 0 fully saturated rings. The van der Waals surface area contributed by atoms with Crippen LogP contribution in [0, 0.1) is 0 Å². The highest BCUT2D eigenvalue weighted by molar-refractivity contribution is 5.91. The highest BCUT2D eigenvalue weighted by Crippen LogP contribution is 2.16. The van der Waals surface area contributed by atoms with Crippen LogP contribution in [-0.2, 0) is 9.59 Å². The third-order valence-electron chi connectivity index (χ3n) is 3.45. The molecule has 0 saturated carbocycles. The molecule has 0 bridgehead atoms. The van der Waals surface area contributed by atoms with Gasteiger partial charge in [0.1, 0.15) is 0 Å². The summed E-state index contributed by atoms with van der Waals surface area (Å²) in [5, 5.41) is 8.13. The Hall–Kier alpha value is -3.09. The van der Waals surface area contributed by atoms with Crippen molar-refractivity contribution < 1.29 is 18.8 Å². The van der Waals surface area contributed by atoms with Gasteiger partial charge in [-0.25, -0.2) is 0 Å². The van der Waals surface area contributed by atoms with Crippen LogP contribution >= 0.6 is 0 Å². The average Bonchev–Trinajstić information content (AvgIpc) is 3.13. The van der Waals surface area contributed by atoms with Crippen LogP contribution < -0.4 is 16.0 Å². The maximum absolute atomic E-state index is 12.1. The maximum Gasteiger partial charge on any atom is 0.287 e. The Kier molecular flexibility index (Phi) is 6.76. The first kappa shape index (κ1) is 18.3. The van der Waals surface area contributed by atoms with Crippen molar-refractivity contribution in [1.82, 2.24) is 16.0 Å². The van der Waals surface area contributed by atoms with Gasteiger partial charge in [0.25, 0.3) is 5.91 Å². The summed E-state index contributed by atoms with van der Waals surface area (Å²) in [4.78, 5) is 35.1. The summed E-state index contributed by atoms with van der Waals surface area (Å²) in [6, 6.07) is 12.1. The summed E-state index contributed by atoms with van der Waals surface area (Å²) in [6.07, 6.45) is 1.54. The van der Waals surface area contributed by atoms with Crippen molar-refractivity contribution in [2.45, 2.75) is 19.4 Å². The van der Waals surface area contributed by atoms with Gasteiger partial charge in [-0.05, 0) is 17.7 Å². The molecular weight excluding hydrogens is 322 g/mol. The predicted octanol–water partition coefficient (Wildman–Crippen LogP) is 1.39. The fourth-order valence-electron chi connectivity index (χ4n) is 2.31. The summed E-state index contributed by atoms with van der Waals surface area (Å²) in [5.41, 5.74) is 0.860. The van der Waals surface area contributed by atoms with Crippen LogP contribution in [0.25, 0.3) is 0 Å². The van der Waals surface area contributed by atoms with E-state index in [9.17, 15) is 14.4 Å². The van der Waals surface area contributed by atoms with Gasteiger partial charge in [0.15, 0.2) is 5.76 Å². The van der Waals surface area contributed by atoms with Gasteiger partial charge >= 0.3 is 0 Å². The van der Waals surface area contributed by atoms with Crippen LogP contribution in [0.1, 0.15) is 35.5 Å². The van der Waals surface area contributed by atoms with Crippen LogP contribution in [-0.4, -0.2) is 30.8 Å². The average molecular weight is 343 g/mol. The minimum Gasteiger partial charge on any atom is -0.459 e. The van der Waals surface area contributed by atoms with Crippen molar-refractivity contribution in [1.29, 1.82) is 0 Å². The minimum atomic E-state index is -0.392. The van der Waals surface area contributed by atoms with Crippen LogP contribution in [0.3, 0.4) is 0 Å². The number of rotatable bonds is 8. The summed E-state index contributed by atoms with van der Waals surface area (Å²) in [6.45, 7) is 1.98. The highest BCUT2D eigenvalue weighted by Gasteiger charge is 2.16. The Morgan fingerprint density at radius 2 is 1.72 bits per heavy atom. The molecule has 0 saturated heterocycles. The number of benzene rings is 1. The normalized spacial score (nSPS) is 11.4. The molecule has 2 aromatic rings. The lowest BCUT2D eigenvalue weighted by Crippen LogP contribution is -2.37. The highest BCUT2D eigenvalue weighted by atomic mass is 16.3. The monoisotopic (exact) mass is 343 g/mol. The van der Waals surface area contributed by atoms with Gasteiger partial charge in [-0.1, -0.05) is 30.3 Å². The Bertz CT molecular complexity index is 698. The van der Waals surface area contributed by atoms with Crippen molar-refractivity contribution in [3.05, 3.63) is 60.1 Å². The van der Waals surface area contributed by atoms with E-state index in [0.29, 0.717) is 0 Å². The van der Waals surface area contributed by atoms with E-state index in [2.05, 4.69) is 16.0 Å². The molecule has 0 aliphatic rings. The number of amides is 3. The summed E-state index contributed by atoms with van der Waals surface area (Å²) in [5.74, 6) is -0.525. The number of hydrogen-bond donors (Lipinski definition) is 3. The second kappa shape index (κ2) is 9.27. The van der Waals surface area contributed by atoms with E-state index in [1.807, 2.05) is 30.3 Å². The van der Waals surface area contributed by atoms with Gasteiger partial charge in [0.2, 0.25) is 11.8 Å². The first-order chi connectivity index (χ1) is 12.1. The van der Waals surface area contributed by atoms with Crippen molar-refractivity contribution in [3.8, 4) is 0 Å². The number of carbonyl (C=O) groups is 3. The Balaban J connectivity index is 1.77. The summed E-state index contributed by atoms with van der Waals surface area (Å²) >= 11 is 0. The van der Waals surface area contributed by atoms with Gasteiger partial charge in [0.05, 0.1) is 18.7 Å². The molecule has 7 heteroatoms. The molecule has 1 unspecified atom stereocenters. The number of hydrogen-bond acceptors (Lipinski definition) is 4. The zero-order chi connectivity index (χ0) is 18.1. The van der Waals surface area contributed by atoms with E-state index in [4.69, 9.17) is 4.42 Å². The van der Waals surface area contributed by atoms with Crippen molar-refractivity contribution in [2.75, 3.05) is 13.1 Å². The van der Waals surface area contributed by atoms with Crippen molar-refractivity contribution in [2.24, 2.45) is 0 Å². The molecule has 25 heavy (non-hydrogen) atoms. The molecule has 132 valence electrons. The van der Waals surface area contributed by atoms with Gasteiger partial charge in [-0.2, -0.15) is 0 Å². The Labute approximate surface area is 145 Å². The third kappa shape index (κ3) is 6.14. The lowest BCUT2D eigenvalue weighted by molar-refractivity contribution is -0.122. The van der Waals surface area contributed by atoms with Crippen molar-refractivity contribution in [3.63, 3.8) is 0 Å². The molecular formula is C18H21N3O4. The van der Waals surface area contributed by atoms with Gasteiger partial charge in [0, 0.05) is 20.0 Å². The zero-order valence-corrected chi connectivity index (χ0v) is 14.0. The van der Waals surface area contributed by atoms with E-state index in [0.717, 1.165) is 5.56 Å². The largest absolute Gasteiger partial charge is 0.459 e. The number of furan rings is 1. The molecule has 2 rings (SSSR count). The third-order valence-corrected chi connectivity index (χ3v) is 3.45. The second-order valence-corrected chi connectivity index (χ2v) is 5.45. The molecule has 0 aliphatic heterocycles. The standard InChI is InChI=1S/C18H21N3O4/c1-13(22)21-15(14-6-3-2-4-7-14)12-17(23)19-9-10-20-18(24)16-8-5-11-25-16/h2-8,11,15H,9-10,12H2,1H3,(H,19,23)(H,20,24)(H,21,22). The second-order valence-electron chi connectivity index (χ2n) is 5.45. The summed E-state index contributed by atoms with van der Waals surface area (Å²) < 4.78 is 4.97. The molecule has 0 aliphatic carbocycles.